The van der Waals surface area contributed by atoms with Gasteiger partial charge in [0.2, 0.25) is 0 Å². The molecular formula is C24H37IN4O2. The fraction of sp³-hybridized carbons (Fsp3) is 0.458. The molecule has 31 heavy (non-hydrogen) atoms. The summed E-state index contributed by atoms with van der Waals surface area (Å²) in [6.07, 6.45) is 0.939. The van der Waals surface area contributed by atoms with Crippen molar-refractivity contribution in [2.75, 3.05) is 41.0 Å². The van der Waals surface area contributed by atoms with Crippen LogP contribution >= 0.6 is 24.0 Å². The predicted octanol–water partition coefficient (Wildman–Crippen LogP) is 4.04. The van der Waals surface area contributed by atoms with E-state index in [0.29, 0.717) is 6.54 Å². The summed E-state index contributed by atoms with van der Waals surface area (Å²) in [6, 6.07) is 16.5. The smallest absolute Gasteiger partial charge is 0.191 e. The third-order valence-electron chi connectivity index (χ3n) is 4.59. The largest absolute Gasteiger partial charge is 0.497 e. The van der Waals surface area contributed by atoms with E-state index in [9.17, 15) is 0 Å². The van der Waals surface area contributed by atoms with Gasteiger partial charge in [-0.3, -0.25) is 0 Å². The molecule has 2 aromatic rings. The number of hydrogen-bond acceptors (Lipinski definition) is 4. The molecule has 7 heteroatoms. The number of halogens is 1. The Kier molecular flexibility index (Phi) is 13.9. The molecule has 0 amide bonds. The number of aliphatic imine (C=N–C) groups is 1. The molecule has 0 bridgehead atoms. The number of guanidine groups is 1. The molecule has 0 atom stereocenters. The molecule has 0 spiro atoms. The SMILES string of the molecule is CCOCCCNC(=NCc1ccc(OC)cc1)NCc1ccccc1CN(C)C.I. The van der Waals surface area contributed by atoms with E-state index in [1.807, 2.05) is 31.2 Å². The van der Waals surface area contributed by atoms with Crippen molar-refractivity contribution in [3.8, 4) is 5.75 Å². The molecule has 6 nitrogen and oxygen atoms in total. The van der Waals surface area contributed by atoms with Crippen molar-refractivity contribution in [1.29, 1.82) is 0 Å². The Balaban J connectivity index is 0.00000480. The van der Waals surface area contributed by atoms with Crippen LogP contribution < -0.4 is 15.4 Å². The topological polar surface area (TPSA) is 58.1 Å². The highest BCUT2D eigenvalue weighted by Crippen LogP contribution is 2.12. The molecule has 0 aromatic heterocycles. The van der Waals surface area contributed by atoms with Crippen molar-refractivity contribution >= 4 is 29.9 Å². The van der Waals surface area contributed by atoms with Gasteiger partial charge in [-0.2, -0.15) is 0 Å². The minimum atomic E-state index is 0. The van der Waals surface area contributed by atoms with Gasteiger partial charge in [0.25, 0.3) is 0 Å². The van der Waals surface area contributed by atoms with E-state index >= 15 is 0 Å². The Hall–Kier alpha value is -1.84. The molecule has 0 aliphatic carbocycles. The molecule has 0 aliphatic rings. The first-order valence-electron chi connectivity index (χ1n) is 10.6. The molecule has 0 aliphatic heterocycles. The summed E-state index contributed by atoms with van der Waals surface area (Å²) in [5.41, 5.74) is 3.74. The summed E-state index contributed by atoms with van der Waals surface area (Å²) >= 11 is 0. The quantitative estimate of drug-likeness (QED) is 0.184. The zero-order valence-electron chi connectivity index (χ0n) is 19.2. The van der Waals surface area contributed by atoms with Gasteiger partial charge in [-0.25, -0.2) is 4.99 Å². The van der Waals surface area contributed by atoms with E-state index in [1.54, 1.807) is 7.11 Å². The Bertz CT molecular complexity index is 766. The van der Waals surface area contributed by atoms with Crippen LogP contribution in [0.15, 0.2) is 53.5 Å². The first-order valence-corrected chi connectivity index (χ1v) is 10.6. The lowest BCUT2D eigenvalue weighted by molar-refractivity contribution is 0.145. The molecule has 0 unspecified atom stereocenters. The van der Waals surface area contributed by atoms with Crippen LogP contribution in [-0.4, -0.2) is 51.8 Å². The first-order chi connectivity index (χ1) is 14.6. The summed E-state index contributed by atoms with van der Waals surface area (Å²) < 4.78 is 10.7. The number of hydrogen-bond donors (Lipinski definition) is 2. The average Bonchev–Trinajstić information content (AvgIpc) is 2.76. The highest BCUT2D eigenvalue weighted by Gasteiger charge is 2.05. The van der Waals surface area contributed by atoms with Gasteiger partial charge in [0, 0.05) is 32.8 Å². The van der Waals surface area contributed by atoms with Crippen LogP contribution in [0.1, 0.15) is 30.0 Å². The van der Waals surface area contributed by atoms with Crippen LogP contribution in [0, 0.1) is 0 Å². The standard InChI is InChI=1S/C24H36N4O2.HI/c1-5-30-16-8-15-25-24(26-17-20-11-13-23(29-4)14-12-20)27-18-21-9-6-7-10-22(21)19-28(2)3;/h6-7,9-14H,5,8,15-19H2,1-4H3,(H2,25,26,27);1H. The second kappa shape index (κ2) is 15.9. The van der Waals surface area contributed by atoms with E-state index in [4.69, 9.17) is 14.5 Å². The Morgan fingerprint density at radius 1 is 1.00 bits per heavy atom. The van der Waals surface area contributed by atoms with Crippen LogP contribution in [0.25, 0.3) is 0 Å². The van der Waals surface area contributed by atoms with E-state index in [0.717, 1.165) is 56.5 Å². The van der Waals surface area contributed by atoms with Gasteiger partial charge >= 0.3 is 0 Å². The van der Waals surface area contributed by atoms with Crippen molar-refractivity contribution in [2.24, 2.45) is 4.99 Å². The monoisotopic (exact) mass is 540 g/mol. The molecule has 2 N–H and O–H groups in total. The lowest BCUT2D eigenvalue weighted by atomic mass is 10.1. The maximum absolute atomic E-state index is 5.43. The van der Waals surface area contributed by atoms with Gasteiger partial charge in [0.05, 0.1) is 13.7 Å². The highest BCUT2D eigenvalue weighted by atomic mass is 127. The van der Waals surface area contributed by atoms with Crippen LogP contribution in [0.4, 0.5) is 0 Å². The van der Waals surface area contributed by atoms with Gasteiger partial charge in [0.1, 0.15) is 5.75 Å². The summed E-state index contributed by atoms with van der Waals surface area (Å²) in [5, 5.41) is 6.91. The molecule has 2 rings (SSSR count). The first kappa shape index (κ1) is 27.2. The molecule has 0 fully saturated rings. The number of methoxy groups -OCH3 is 1. The van der Waals surface area contributed by atoms with E-state index in [2.05, 4.69) is 53.9 Å². The summed E-state index contributed by atoms with van der Waals surface area (Å²) in [6.45, 7) is 6.57. The number of benzene rings is 2. The van der Waals surface area contributed by atoms with E-state index in [1.165, 1.54) is 11.1 Å². The summed E-state index contributed by atoms with van der Waals surface area (Å²) in [7, 11) is 5.85. The Morgan fingerprint density at radius 2 is 1.71 bits per heavy atom. The molecular weight excluding hydrogens is 503 g/mol. The van der Waals surface area contributed by atoms with E-state index in [-0.39, 0.29) is 24.0 Å². The third kappa shape index (κ3) is 10.8. The maximum atomic E-state index is 5.43. The van der Waals surface area contributed by atoms with Crippen LogP contribution in [0.2, 0.25) is 0 Å². The van der Waals surface area contributed by atoms with Crippen molar-refractivity contribution < 1.29 is 9.47 Å². The maximum Gasteiger partial charge on any atom is 0.191 e. The lowest BCUT2D eigenvalue weighted by Crippen LogP contribution is -2.38. The van der Waals surface area contributed by atoms with Crippen molar-refractivity contribution in [2.45, 2.75) is 33.0 Å². The minimum absolute atomic E-state index is 0. The normalized spacial score (nSPS) is 11.2. The highest BCUT2D eigenvalue weighted by molar-refractivity contribution is 14.0. The number of nitrogens with one attached hydrogen (secondary N) is 2. The Labute approximate surface area is 204 Å². The molecule has 0 saturated heterocycles. The van der Waals surface area contributed by atoms with E-state index < -0.39 is 0 Å². The van der Waals surface area contributed by atoms with Gasteiger partial charge in [0.15, 0.2) is 5.96 Å². The van der Waals surface area contributed by atoms with Gasteiger partial charge in [-0.1, -0.05) is 36.4 Å². The lowest BCUT2D eigenvalue weighted by Gasteiger charge is -2.17. The van der Waals surface area contributed by atoms with Crippen LogP contribution in [0.5, 0.6) is 5.75 Å². The minimum Gasteiger partial charge on any atom is -0.497 e. The van der Waals surface area contributed by atoms with Crippen LogP contribution in [0.3, 0.4) is 0 Å². The Morgan fingerprint density at radius 3 is 2.35 bits per heavy atom. The third-order valence-corrected chi connectivity index (χ3v) is 4.59. The summed E-state index contributed by atoms with van der Waals surface area (Å²) in [5.74, 6) is 1.66. The fourth-order valence-electron chi connectivity index (χ4n) is 3.00. The number of rotatable bonds is 12. The zero-order chi connectivity index (χ0) is 21.6. The zero-order valence-corrected chi connectivity index (χ0v) is 21.5. The summed E-state index contributed by atoms with van der Waals surface area (Å²) in [4.78, 5) is 6.96. The molecule has 0 radical (unpaired) electrons. The molecule has 0 heterocycles. The van der Waals surface area contributed by atoms with Crippen molar-refractivity contribution in [1.82, 2.24) is 15.5 Å². The molecule has 0 saturated carbocycles. The van der Waals surface area contributed by atoms with Crippen molar-refractivity contribution in [3.05, 3.63) is 65.2 Å². The predicted molar refractivity (Wildman–Crippen MR) is 139 cm³/mol. The van der Waals surface area contributed by atoms with Crippen LogP contribution in [-0.2, 0) is 24.4 Å². The second-order valence-electron chi connectivity index (χ2n) is 7.35. The van der Waals surface area contributed by atoms with Gasteiger partial charge < -0.3 is 25.0 Å². The number of nitrogens with zero attached hydrogens (tertiary/aromatic N) is 2. The average molecular weight is 540 g/mol. The fourth-order valence-corrected chi connectivity index (χ4v) is 3.00. The molecule has 2 aromatic carbocycles. The van der Waals surface area contributed by atoms with Gasteiger partial charge in [-0.05, 0) is 56.3 Å². The second-order valence-corrected chi connectivity index (χ2v) is 7.35. The van der Waals surface area contributed by atoms with Crippen molar-refractivity contribution in [3.63, 3.8) is 0 Å². The molecule has 172 valence electrons. The number of ether oxygens (including phenoxy) is 2. The van der Waals surface area contributed by atoms with Gasteiger partial charge in [-0.15, -0.1) is 24.0 Å².